The Morgan fingerprint density at radius 3 is 2.49 bits per heavy atom. The Morgan fingerprint density at radius 2 is 1.85 bits per heavy atom. The monoisotopic (exact) mass is 600 g/mol. The molecule has 1 N–H and O–H groups in total. The van der Waals surface area contributed by atoms with E-state index in [1.54, 1.807) is 11.6 Å². The van der Waals surface area contributed by atoms with E-state index in [0.29, 0.717) is 57.6 Å². The topological polar surface area (TPSA) is 108 Å². The predicted octanol–water partition coefficient (Wildman–Crippen LogP) is 4.87. The van der Waals surface area contributed by atoms with Crippen LogP contribution < -0.4 is 0 Å². The number of ketones is 1. The molecule has 0 spiro atoms. The largest absolute Gasteiger partial charge is 0.391 e. The second-order valence-corrected chi connectivity index (χ2v) is 15.5. The molecule has 238 valence electrons. The van der Waals surface area contributed by atoms with Gasteiger partial charge in [-0.25, -0.2) is 4.68 Å². The molecule has 0 radical (unpaired) electrons. The maximum absolute atomic E-state index is 11.4. The number of aliphatic hydroxyl groups is 1. The average molecular weight is 601 g/mol. The lowest BCUT2D eigenvalue weighted by Crippen LogP contribution is -2.54. The summed E-state index contributed by atoms with van der Waals surface area (Å²) in [4.78, 5) is 13.8. The van der Waals surface area contributed by atoms with Gasteiger partial charge >= 0.3 is 0 Å². The summed E-state index contributed by atoms with van der Waals surface area (Å²) >= 11 is 0. The molecule has 3 unspecified atom stereocenters. The minimum absolute atomic E-state index is 0.0174. The number of nitrogens with zero attached hydrogens (tertiary/aromatic N) is 4. The fraction of sp³-hybridized carbons (Fsp3) is 0.900. The number of carbonyl (C=O) groups is 1. The molecule has 1 saturated heterocycles. The number of hydrogen-bond acceptors (Lipinski definition) is 9. The SMILES string of the molecule is CC(=O)CC(C)(C)OCC(C)(C)OCCn1cc(COCP(C)OCCC(C)(C)N2CCC(C(C)C)C(O)C2)nn1. The van der Waals surface area contributed by atoms with Crippen molar-refractivity contribution in [2.45, 2.75) is 118 Å². The first-order valence-electron chi connectivity index (χ1n) is 15.0. The highest BCUT2D eigenvalue weighted by atomic mass is 31.1. The molecule has 0 aromatic carbocycles. The molecule has 1 aliphatic heterocycles. The molecule has 3 atom stereocenters. The third kappa shape index (κ3) is 13.5. The molecule has 1 aromatic rings. The number of Topliss-reactive ketones (excluding diaryl/α,β-unsaturated/α-hetero) is 1. The summed E-state index contributed by atoms with van der Waals surface area (Å²) in [6.07, 6.45) is 4.49. The molecule has 0 aliphatic carbocycles. The Balaban J connectivity index is 1.62. The van der Waals surface area contributed by atoms with E-state index in [9.17, 15) is 9.90 Å². The highest BCUT2D eigenvalue weighted by Gasteiger charge is 2.36. The molecule has 1 aromatic heterocycles. The second kappa shape index (κ2) is 16.2. The van der Waals surface area contributed by atoms with Gasteiger partial charge in [-0.2, -0.15) is 0 Å². The highest BCUT2D eigenvalue weighted by molar-refractivity contribution is 7.51. The van der Waals surface area contributed by atoms with E-state index in [1.165, 1.54) is 0 Å². The summed E-state index contributed by atoms with van der Waals surface area (Å²) in [6, 6.07) is 0. The molecular formula is C30H57N4O6P. The highest BCUT2D eigenvalue weighted by Crippen LogP contribution is 2.35. The van der Waals surface area contributed by atoms with E-state index in [0.717, 1.165) is 31.6 Å². The van der Waals surface area contributed by atoms with Crippen LogP contribution in [0.15, 0.2) is 6.20 Å². The predicted molar refractivity (Wildman–Crippen MR) is 163 cm³/mol. The number of aromatic nitrogens is 3. The quantitative estimate of drug-likeness (QED) is 0.223. The van der Waals surface area contributed by atoms with Gasteiger partial charge in [-0.05, 0) is 86.4 Å². The van der Waals surface area contributed by atoms with Crippen molar-refractivity contribution in [1.82, 2.24) is 19.9 Å². The Hall–Kier alpha value is -1.00. The van der Waals surface area contributed by atoms with E-state index in [1.807, 2.05) is 33.9 Å². The Labute approximate surface area is 249 Å². The van der Waals surface area contributed by atoms with E-state index < -0.39 is 19.4 Å². The van der Waals surface area contributed by atoms with Crippen molar-refractivity contribution in [3.63, 3.8) is 0 Å². The van der Waals surface area contributed by atoms with Crippen molar-refractivity contribution in [2.24, 2.45) is 11.8 Å². The molecule has 10 nitrogen and oxygen atoms in total. The summed E-state index contributed by atoms with van der Waals surface area (Å²) < 4.78 is 25.7. The molecule has 1 aliphatic rings. The van der Waals surface area contributed by atoms with E-state index in [-0.39, 0.29) is 17.4 Å². The van der Waals surface area contributed by atoms with Crippen LogP contribution in [-0.2, 0) is 36.7 Å². The van der Waals surface area contributed by atoms with Crippen molar-refractivity contribution in [3.05, 3.63) is 11.9 Å². The van der Waals surface area contributed by atoms with Crippen molar-refractivity contribution >= 4 is 13.9 Å². The van der Waals surface area contributed by atoms with Gasteiger partial charge in [0, 0.05) is 18.5 Å². The number of likely N-dealkylation sites (tertiary alicyclic amines) is 1. The fourth-order valence-corrected chi connectivity index (χ4v) is 6.02. The number of piperidine rings is 1. The summed E-state index contributed by atoms with van der Waals surface area (Å²) in [5, 5.41) is 19.0. The summed E-state index contributed by atoms with van der Waals surface area (Å²) in [7, 11) is -0.701. The van der Waals surface area contributed by atoms with Gasteiger partial charge in [0.25, 0.3) is 0 Å². The molecule has 41 heavy (non-hydrogen) atoms. The minimum Gasteiger partial charge on any atom is -0.391 e. The molecule has 2 rings (SSSR count). The van der Waals surface area contributed by atoms with Gasteiger partial charge < -0.3 is 23.8 Å². The Morgan fingerprint density at radius 1 is 1.15 bits per heavy atom. The third-order valence-corrected chi connectivity index (χ3v) is 8.95. The molecule has 2 heterocycles. The minimum atomic E-state index is -0.701. The van der Waals surface area contributed by atoms with E-state index >= 15 is 0 Å². The van der Waals surface area contributed by atoms with E-state index in [2.05, 4.69) is 49.6 Å². The van der Waals surface area contributed by atoms with Crippen LogP contribution in [0.1, 0.15) is 87.3 Å². The zero-order valence-corrected chi connectivity index (χ0v) is 28.2. The van der Waals surface area contributed by atoms with Crippen LogP contribution in [0.3, 0.4) is 0 Å². The zero-order chi connectivity index (χ0) is 30.8. The van der Waals surface area contributed by atoms with Crippen LogP contribution in [0.2, 0.25) is 0 Å². The number of β-amino-alcohol motifs (C(OH)–C–C–N with tert-alkyl or cyclic N) is 1. The first-order chi connectivity index (χ1) is 19.0. The number of rotatable bonds is 19. The van der Waals surface area contributed by atoms with Gasteiger partial charge in [-0.15, -0.1) is 5.10 Å². The molecule has 0 saturated carbocycles. The standard InChI is InChI=1S/C30H57N4O6P/c1-23(2)26-11-13-33(19-27(26)36)28(4,5)12-15-40-41(10)22-37-20-25-18-34(32-31-25)14-16-38-30(8,9)21-39-29(6,7)17-24(3)35/h18,23,26-27,36H,11-17,19-22H2,1-10H3. The first kappa shape index (κ1) is 36.2. The second-order valence-electron chi connectivity index (χ2n) is 13.7. The summed E-state index contributed by atoms with van der Waals surface area (Å²) in [5.74, 6) is 1.02. The number of ether oxygens (including phenoxy) is 3. The van der Waals surface area contributed by atoms with Crippen LogP contribution in [0, 0.1) is 11.8 Å². The van der Waals surface area contributed by atoms with Gasteiger partial charge in [-0.1, -0.05) is 19.1 Å². The van der Waals surface area contributed by atoms with Crippen LogP contribution in [-0.4, -0.2) is 99.6 Å². The van der Waals surface area contributed by atoms with Gasteiger partial charge in [-0.3, -0.25) is 9.69 Å². The lowest BCUT2D eigenvalue weighted by atomic mass is 9.82. The third-order valence-electron chi connectivity index (χ3n) is 7.78. The van der Waals surface area contributed by atoms with Crippen LogP contribution >= 0.6 is 8.15 Å². The van der Waals surface area contributed by atoms with Gasteiger partial charge in [0.1, 0.15) is 11.5 Å². The van der Waals surface area contributed by atoms with Crippen LogP contribution in [0.5, 0.6) is 0 Å². The zero-order valence-electron chi connectivity index (χ0n) is 27.3. The fourth-order valence-electron chi connectivity index (χ4n) is 5.19. The lowest BCUT2D eigenvalue weighted by Gasteiger charge is -2.46. The first-order valence-corrected chi connectivity index (χ1v) is 16.9. The lowest BCUT2D eigenvalue weighted by molar-refractivity contribution is -0.137. The van der Waals surface area contributed by atoms with E-state index in [4.69, 9.17) is 18.7 Å². The smallest absolute Gasteiger partial charge is 0.132 e. The van der Waals surface area contributed by atoms with Crippen molar-refractivity contribution in [3.8, 4) is 0 Å². The Bertz CT molecular complexity index is 923. The average Bonchev–Trinajstić information content (AvgIpc) is 3.29. The van der Waals surface area contributed by atoms with Crippen molar-refractivity contribution in [2.75, 3.05) is 45.9 Å². The van der Waals surface area contributed by atoms with Crippen LogP contribution in [0.4, 0.5) is 0 Å². The molecule has 1 fully saturated rings. The number of aliphatic hydroxyl groups excluding tert-OH is 1. The maximum Gasteiger partial charge on any atom is 0.132 e. The van der Waals surface area contributed by atoms with Crippen LogP contribution in [0.25, 0.3) is 0 Å². The maximum atomic E-state index is 11.4. The molecule has 11 heteroatoms. The molecule has 0 amide bonds. The van der Waals surface area contributed by atoms with Crippen molar-refractivity contribution < 1.29 is 28.6 Å². The summed E-state index contributed by atoms with van der Waals surface area (Å²) in [5.41, 5.74) is -0.245. The van der Waals surface area contributed by atoms with Gasteiger partial charge in [0.15, 0.2) is 0 Å². The Kier molecular flexibility index (Phi) is 14.3. The molecular weight excluding hydrogens is 543 g/mol. The van der Waals surface area contributed by atoms with Gasteiger partial charge in [0.05, 0.1) is 71.0 Å². The molecule has 0 bridgehead atoms. The van der Waals surface area contributed by atoms with Gasteiger partial charge in [0.2, 0.25) is 0 Å². The van der Waals surface area contributed by atoms with Crippen molar-refractivity contribution in [1.29, 1.82) is 0 Å². The normalized spacial score (nSPS) is 20.1. The number of hydrogen-bond donors (Lipinski definition) is 1. The summed E-state index contributed by atoms with van der Waals surface area (Å²) in [6.45, 7) is 24.6. The number of carbonyl (C=O) groups excluding carboxylic acids is 1.